The van der Waals surface area contributed by atoms with Gasteiger partial charge >= 0.3 is 0 Å². The zero-order valence-corrected chi connectivity index (χ0v) is 18.6. The molecule has 5 heteroatoms. The Labute approximate surface area is 184 Å². The van der Waals surface area contributed by atoms with Gasteiger partial charge in [-0.25, -0.2) is 0 Å². The topological polar surface area (TPSA) is 70.6 Å². The van der Waals surface area contributed by atoms with E-state index in [0.29, 0.717) is 5.92 Å². The van der Waals surface area contributed by atoms with Gasteiger partial charge in [-0.3, -0.25) is 4.79 Å². The van der Waals surface area contributed by atoms with E-state index in [0.717, 1.165) is 37.1 Å². The number of anilines is 1. The minimum atomic E-state index is -0.915. The third-order valence-corrected chi connectivity index (χ3v) is 7.05. The Morgan fingerprint density at radius 2 is 2.06 bits per heavy atom. The summed E-state index contributed by atoms with van der Waals surface area (Å²) in [4.78, 5) is 13.0. The zero-order chi connectivity index (χ0) is 21.8. The molecular formula is C26H32N2O3. The minimum Gasteiger partial charge on any atom is -0.389 e. The Morgan fingerprint density at radius 1 is 1.26 bits per heavy atom. The summed E-state index contributed by atoms with van der Waals surface area (Å²) in [7, 11) is 0. The quantitative estimate of drug-likeness (QED) is 0.679. The maximum absolute atomic E-state index is 13.0. The molecule has 5 rings (SSSR count). The molecule has 0 spiro atoms. The van der Waals surface area contributed by atoms with Gasteiger partial charge in [0, 0.05) is 30.3 Å². The predicted molar refractivity (Wildman–Crippen MR) is 121 cm³/mol. The van der Waals surface area contributed by atoms with Crippen LogP contribution < -0.4 is 10.6 Å². The maximum atomic E-state index is 13.0. The molecule has 3 N–H and O–H groups in total. The molecular weight excluding hydrogens is 388 g/mol. The van der Waals surface area contributed by atoms with Crippen molar-refractivity contribution in [3.8, 4) is 0 Å². The molecule has 2 aromatic rings. The first kappa shape index (κ1) is 20.5. The summed E-state index contributed by atoms with van der Waals surface area (Å²) in [5.41, 5.74) is 4.52. The number of hydrogen-bond acceptors (Lipinski definition) is 4. The van der Waals surface area contributed by atoms with Crippen LogP contribution in [0.2, 0.25) is 0 Å². The summed E-state index contributed by atoms with van der Waals surface area (Å²) in [6.45, 7) is 6.57. The first-order valence-corrected chi connectivity index (χ1v) is 11.4. The van der Waals surface area contributed by atoms with E-state index in [9.17, 15) is 9.90 Å². The average molecular weight is 421 g/mol. The summed E-state index contributed by atoms with van der Waals surface area (Å²) in [6.07, 6.45) is 2.77. The highest BCUT2D eigenvalue weighted by Crippen LogP contribution is 2.53. The fraction of sp³-hybridized carbons (Fsp3) is 0.500. The molecule has 0 unspecified atom stereocenters. The van der Waals surface area contributed by atoms with Crippen molar-refractivity contribution in [1.82, 2.24) is 5.32 Å². The second-order valence-electron chi connectivity index (χ2n) is 10.2. The number of carbonyl (C=O) groups excluding carboxylic acids is 1. The SMILES string of the molecule is Cc1cccc([C@H]2Nc3ccc(C4(C(=O)NCC(C)(C)O)CC4)cc3[C@@H]3OCC[C@H]23)c1. The van der Waals surface area contributed by atoms with Gasteiger partial charge in [0.25, 0.3) is 0 Å². The number of fused-ring (bicyclic) bond motifs is 3. The Kier molecular flexibility index (Phi) is 4.87. The minimum absolute atomic E-state index is 0.0138. The number of benzene rings is 2. The number of aliphatic hydroxyl groups is 1. The summed E-state index contributed by atoms with van der Waals surface area (Å²) < 4.78 is 6.23. The summed E-state index contributed by atoms with van der Waals surface area (Å²) in [6, 6.07) is 15.3. The highest BCUT2D eigenvalue weighted by molar-refractivity contribution is 5.91. The number of hydrogen-bond donors (Lipinski definition) is 3. The zero-order valence-electron chi connectivity index (χ0n) is 18.6. The largest absolute Gasteiger partial charge is 0.389 e. The monoisotopic (exact) mass is 420 g/mol. The van der Waals surface area contributed by atoms with Crippen LogP contribution in [0.5, 0.6) is 0 Å². The van der Waals surface area contributed by atoms with Crippen molar-refractivity contribution < 1.29 is 14.6 Å². The van der Waals surface area contributed by atoms with Crippen molar-refractivity contribution >= 4 is 11.6 Å². The van der Waals surface area contributed by atoms with Crippen molar-refractivity contribution in [1.29, 1.82) is 0 Å². The van der Waals surface area contributed by atoms with E-state index >= 15 is 0 Å². The van der Waals surface area contributed by atoms with Crippen molar-refractivity contribution in [3.63, 3.8) is 0 Å². The fourth-order valence-electron chi connectivity index (χ4n) is 5.20. The highest BCUT2D eigenvalue weighted by Gasteiger charge is 2.52. The van der Waals surface area contributed by atoms with Crippen molar-refractivity contribution in [3.05, 3.63) is 64.7 Å². The van der Waals surface area contributed by atoms with Crippen LogP contribution in [-0.2, 0) is 14.9 Å². The van der Waals surface area contributed by atoms with Gasteiger partial charge < -0.3 is 20.5 Å². The third-order valence-electron chi connectivity index (χ3n) is 7.05. The standard InChI is InChI=1S/C26H32N2O3/c1-16-5-4-6-17(13-16)22-19-9-12-31-23(19)20-14-18(7-8-21(20)28-22)26(10-11-26)24(29)27-15-25(2,3)30/h4-8,13-14,19,22-23,28,30H,9-12,15H2,1-3H3,(H,27,29)/t19-,22-,23-/m1/s1. The Bertz CT molecular complexity index is 1010. The lowest BCUT2D eigenvalue weighted by atomic mass is 9.79. The van der Waals surface area contributed by atoms with Gasteiger partial charge in [-0.15, -0.1) is 0 Å². The second kappa shape index (κ2) is 7.35. The van der Waals surface area contributed by atoms with Crippen LogP contribution in [0, 0.1) is 12.8 Å². The van der Waals surface area contributed by atoms with E-state index < -0.39 is 11.0 Å². The van der Waals surface area contributed by atoms with Gasteiger partial charge in [-0.1, -0.05) is 42.0 Å². The number of aryl methyl sites for hydroxylation is 1. The molecule has 0 aromatic heterocycles. The van der Waals surface area contributed by atoms with Crippen LogP contribution >= 0.6 is 0 Å². The molecule has 0 bridgehead atoms. The van der Waals surface area contributed by atoms with E-state index in [1.54, 1.807) is 13.8 Å². The number of carbonyl (C=O) groups is 1. The molecule has 2 fully saturated rings. The number of nitrogens with one attached hydrogen (secondary N) is 2. The van der Waals surface area contributed by atoms with Gasteiger partial charge in [-0.05, 0) is 57.2 Å². The van der Waals surface area contributed by atoms with Gasteiger partial charge in [0.05, 0.1) is 23.2 Å². The molecule has 1 aliphatic carbocycles. The lowest BCUT2D eigenvalue weighted by molar-refractivity contribution is -0.124. The molecule has 2 aromatic carbocycles. The molecule has 5 nitrogen and oxygen atoms in total. The Balaban J connectivity index is 1.44. The van der Waals surface area contributed by atoms with Crippen molar-refractivity contribution in [2.75, 3.05) is 18.5 Å². The smallest absolute Gasteiger partial charge is 0.230 e. The lowest BCUT2D eigenvalue weighted by Crippen LogP contribution is -2.43. The van der Waals surface area contributed by atoms with E-state index in [-0.39, 0.29) is 24.6 Å². The molecule has 1 saturated heterocycles. The molecule has 3 aliphatic rings. The maximum Gasteiger partial charge on any atom is 0.230 e. The predicted octanol–water partition coefficient (Wildman–Crippen LogP) is 4.16. The van der Waals surface area contributed by atoms with Crippen LogP contribution in [0.15, 0.2) is 42.5 Å². The molecule has 2 aliphatic heterocycles. The summed E-state index contributed by atoms with van der Waals surface area (Å²) in [5.74, 6) is 0.392. The second-order valence-corrected chi connectivity index (χ2v) is 10.2. The molecule has 1 saturated carbocycles. The molecule has 31 heavy (non-hydrogen) atoms. The number of amides is 1. The van der Waals surface area contributed by atoms with Crippen molar-refractivity contribution in [2.45, 2.75) is 63.2 Å². The number of rotatable bonds is 5. The van der Waals surface area contributed by atoms with Gasteiger partial charge in [0.1, 0.15) is 0 Å². The van der Waals surface area contributed by atoms with E-state index in [4.69, 9.17) is 4.74 Å². The normalized spacial score (nSPS) is 25.9. The molecule has 164 valence electrons. The van der Waals surface area contributed by atoms with E-state index in [2.05, 4.69) is 60.0 Å². The first-order chi connectivity index (χ1) is 14.8. The van der Waals surface area contributed by atoms with Crippen LogP contribution in [-0.4, -0.2) is 29.8 Å². The van der Waals surface area contributed by atoms with Gasteiger partial charge in [0.15, 0.2) is 0 Å². The average Bonchev–Trinajstić information content (AvgIpc) is 3.40. The lowest BCUT2D eigenvalue weighted by Gasteiger charge is -2.37. The Hall–Kier alpha value is -2.37. The Morgan fingerprint density at radius 3 is 2.77 bits per heavy atom. The van der Waals surface area contributed by atoms with Gasteiger partial charge in [-0.2, -0.15) is 0 Å². The summed E-state index contributed by atoms with van der Waals surface area (Å²) in [5, 5.41) is 16.7. The van der Waals surface area contributed by atoms with E-state index in [1.807, 2.05) is 0 Å². The van der Waals surface area contributed by atoms with E-state index in [1.165, 1.54) is 16.7 Å². The van der Waals surface area contributed by atoms with Gasteiger partial charge in [0.2, 0.25) is 5.91 Å². The summed E-state index contributed by atoms with van der Waals surface area (Å²) >= 11 is 0. The molecule has 0 radical (unpaired) electrons. The third kappa shape index (κ3) is 3.74. The fourth-order valence-corrected chi connectivity index (χ4v) is 5.20. The molecule has 3 atom stereocenters. The molecule has 2 heterocycles. The first-order valence-electron chi connectivity index (χ1n) is 11.4. The highest BCUT2D eigenvalue weighted by atomic mass is 16.5. The van der Waals surface area contributed by atoms with Crippen molar-refractivity contribution in [2.24, 2.45) is 5.92 Å². The van der Waals surface area contributed by atoms with Crippen LogP contribution in [0.25, 0.3) is 0 Å². The van der Waals surface area contributed by atoms with Crippen LogP contribution in [0.4, 0.5) is 5.69 Å². The van der Waals surface area contributed by atoms with Crippen LogP contribution in [0.1, 0.15) is 67.5 Å². The molecule has 1 amide bonds. The number of ether oxygens (including phenoxy) is 1. The van der Waals surface area contributed by atoms with Crippen LogP contribution in [0.3, 0.4) is 0 Å².